The van der Waals surface area contributed by atoms with E-state index in [9.17, 15) is 13.2 Å². The van der Waals surface area contributed by atoms with Crippen molar-refractivity contribution in [1.29, 1.82) is 0 Å². The first-order valence-electron chi connectivity index (χ1n) is 10.0. The Balaban J connectivity index is 1.59. The molecule has 2 aromatic carbocycles. The van der Waals surface area contributed by atoms with Crippen molar-refractivity contribution in [2.75, 3.05) is 0 Å². The first kappa shape index (κ1) is 22.5. The summed E-state index contributed by atoms with van der Waals surface area (Å²) in [5, 5.41) is 2.42. The maximum Gasteiger partial charge on any atom is 0.251 e. The van der Waals surface area contributed by atoms with E-state index in [1.165, 1.54) is 24.3 Å². The SMILES string of the molecule is CC(NC(=O)c1ccc(S(=O)(=O)C(C)C)cc1)c1ccc(OCc2cccnc2)cc1. The number of amides is 1. The molecule has 6 nitrogen and oxygen atoms in total. The summed E-state index contributed by atoms with van der Waals surface area (Å²) in [6.07, 6.45) is 3.48. The average molecular weight is 439 g/mol. The Morgan fingerprint density at radius 3 is 2.26 bits per heavy atom. The number of nitrogens with zero attached hydrogens (tertiary/aromatic N) is 1. The second-order valence-corrected chi connectivity index (χ2v) is 10.0. The zero-order valence-electron chi connectivity index (χ0n) is 17.8. The van der Waals surface area contributed by atoms with E-state index in [0.29, 0.717) is 12.2 Å². The average Bonchev–Trinajstić information content (AvgIpc) is 2.78. The minimum absolute atomic E-state index is 0.217. The molecule has 0 saturated carbocycles. The minimum Gasteiger partial charge on any atom is -0.489 e. The Bertz CT molecular complexity index is 1110. The van der Waals surface area contributed by atoms with Crippen LogP contribution in [0.25, 0.3) is 0 Å². The fourth-order valence-corrected chi connectivity index (χ4v) is 3.99. The highest BCUT2D eigenvalue weighted by Gasteiger charge is 2.19. The molecule has 1 aromatic heterocycles. The Kier molecular flexibility index (Phi) is 7.07. The van der Waals surface area contributed by atoms with E-state index in [4.69, 9.17) is 4.74 Å². The van der Waals surface area contributed by atoms with Gasteiger partial charge in [0.25, 0.3) is 5.91 Å². The van der Waals surface area contributed by atoms with Gasteiger partial charge in [-0.2, -0.15) is 0 Å². The molecule has 0 aliphatic heterocycles. The van der Waals surface area contributed by atoms with Crippen LogP contribution in [0.2, 0.25) is 0 Å². The molecule has 0 radical (unpaired) electrons. The number of hydrogen-bond acceptors (Lipinski definition) is 5. The lowest BCUT2D eigenvalue weighted by molar-refractivity contribution is 0.0940. The van der Waals surface area contributed by atoms with Crippen molar-refractivity contribution in [2.24, 2.45) is 0 Å². The van der Waals surface area contributed by atoms with Crippen LogP contribution in [0.5, 0.6) is 5.75 Å². The normalized spacial score (nSPS) is 12.4. The number of carbonyl (C=O) groups is 1. The lowest BCUT2D eigenvalue weighted by atomic mass is 10.1. The summed E-state index contributed by atoms with van der Waals surface area (Å²) in [6.45, 7) is 5.59. The van der Waals surface area contributed by atoms with Gasteiger partial charge in [-0.1, -0.05) is 18.2 Å². The molecule has 1 heterocycles. The Labute approximate surface area is 183 Å². The summed E-state index contributed by atoms with van der Waals surface area (Å²) in [4.78, 5) is 16.8. The van der Waals surface area contributed by atoms with Crippen LogP contribution in [-0.4, -0.2) is 24.6 Å². The summed E-state index contributed by atoms with van der Waals surface area (Å²) in [6, 6.07) is 17.1. The third-order valence-corrected chi connectivity index (χ3v) is 7.09. The van der Waals surface area contributed by atoms with E-state index in [1.807, 2.05) is 43.3 Å². The lowest BCUT2D eigenvalue weighted by Gasteiger charge is -2.15. The van der Waals surface area contributed by atoms with Gasteiger partial charge in [-0.3, -0.25) is 9.78 Å². The molecule has 0 aliphatic carbocycles. The third kappa shape index (κ3) is 5.70. The van der Waals surface area contributed by atoms with Gasteiger partial charge in [-0.15, -0.1) is 0 Å². The summed E-state index contributed by atoms with van der Waals surface area (Å²) in [7, 11) is -3.36. The van der Waals surface area contributed by atoms with Gasteiger partial charge in [-0.25, -0.2) is 8.42 Å². The van der Waals surface area contributed by atoms with E-state index in [-0.39, 0.29) is 16.8 Å². The van der Waals surface area contributed by atoms with Crippen molar-refractivity contribution in [1.82, 2.24) is 10.3 Å². The molecular formula is C24H26N2O4S. The molecule has 1 atom stereocenters. The Morgan fingerprint density at radius 2 is 1.68 bits per heavy atom. The van der Waals surface area contributed by atoms with Crippen LogP contribution in [0.1, 0.15) is 48.3 Å². The number of nitrogens with one attached hydrogen (secondary N) is 1. The van der Waals surface area contributed by atoms with Gasteiger partial charge in [0.05, 0.1) is 16.2 Å². The van der Waals surface area contributed by atoms with Gasteiger partial charge in [0.1, 0.15) is 12.4 Å². The number of aromatic nitrogens is 1. The first-order chi connectivity index (χ1) is 14.8. The number of sulfone groups is 1. The van der Waals surface area contributed by atoms with E-state index < -0.39 is 15.1 Å². The second-order valence-electron chi connectivity index (χ2n) is 7.53. The Hall–Kier alpha value is -3.19. The fourth-order valence-electron chi connectivity index (χ4n) is 2.93. The molecule has 1 amide bonds. The van der Waals surface area contributed by atoms with Crippen LogP contribution in [0.15, 0.2) is 78.0 Å². The summed E-state index contributed by atoms with van der Waals surface area (Å²) in [5.41, 5.74) is 2.33. The molecule has 3 rings (SSSR count). The van der Waals surface area contributed by atoms with Crippen LogP contribution in [-0.2, 0) is 16.4 Å². The zero-order valence-corrected chi connectivity index (χ0v) is 18.6. The predicted molar refractivity (Wildman–Crippen MR) is 120 cm³/mol. The summed E-state index contributed by atoms with van der Waals surface area (Å²) in [5.74, 6) is 0.464. The highest BCUT2D eigenvalue weighted by Crippen LogP contribution is 2.20. The molecule has 3 aromatic rings. The molecule has 0 bridgehead atoms. The lowest BCUT2D eigenvalue weighted by Crippen LogP contribution is -2.26. The van der Waals surface area contributed by atoms with Crippen LogP contribution < -0.4 is 10.1 Å². The number of carbonyl (C=O) groups excluding carboxylic acids is 1. The molecule has 0 spiro atoms. The largest absolute Gasteiger partial charge is 0.489 e. The predicted octanol–water partition coefficient (Wildman–Crippen LogP) is 4.33. The highest BCUT2D eigenvalue weighted by atomic mass is 32.2. The van der Waals surface area contributed by atoms with Gasteiger partial charge in [0.15, 0.2) is 9.84 Å². The van der Waals surface area contributed by atoms with Gasteiger partial charge in [-0.05, 0) is 68.8 Å². The molecule has 1 N–H and O–H groups in total. The molecule has 1 unspecified atom stereocenters. The van der Waals surface area contributed by atoms with E-state index >= 15 is 0 Å². The number of hydrogen-bond donors (Lipinski definition) is 1. The first-order valence-corrected chi connectivity index (χ1v) is 11.6. The van der Waals surface area contributed by atoms with E-state index in [2.05, 4.69) is 10.3 Å². The van der Waals surface area contributed by atoms with Crippen molar-refractivity contribution < 1.29 is 17.9 Å². The molecule has 7 heteroatoms. The van der Waals surface area contributed by atoms with Crippen molar-refractivity contribution in [3.8, 4) is 5.75 Å². The van der Waals surface area contributed by atoms with Crippen LogP contribution in [0, 0.1) is 0 Å². The van der Waals surface area contributed by atoms with Gasteiger partial charge < -0.3 is 10.1 Å². The van der Waals surface area contributed by atoms with Crippen LogP contribution >= 0.6 is 0 Å². The number of benzene rings is 2. The highest BCUT2D eigenvalue weighted by molar-refractivity contribution is 7.92. The van der Waals surface area contributed by atoms with Gasteiger partial charge >= 0.3 is 0 Å². The third-order valence-electron chi connectivity index (χ3n) is 4.92. The van der Waals surface area contributed by atoms with Crippen LogP contribution in [0.3, 0.4) is 0 Å². The molecule has 162 valence electrons. The topological polar surface area (TPSA) is 85.4 Å². The molecule has 31 heavy (non-hydrogen) atoms. The van der Waals surface area contributed by atoms with Crippen molar-refractivity contribution in [2.45, 2.75) is 43.6 Å². The number of pyridine rings is 1. The smallest absolute Gasteiger partial charge is 0.251 e. The summed E-state index contributed by atoms with van der Waals surface area (Å²) >= 11 is 0. The fraction of sp³-hybridized carbons (Fsp3) is 0.250. The quantitative estimate of drug-likeness (QED) is 0.566. The maximum atomic E-state index is 12.6. The number of ether oxygens (including phenoxy) is 1. The van der Waals surface area contributed by atoms with Gasteiger partial charge in [0, 0.05) is 23.5 Å². The molecule has 0 aliphatic rings. The monoisotopic (exact) mass is 438 g/mol. The maximum absolute atomic E-state index is 12.6. The molecular weight excluding hydrogens is 412 g/mol. The van der Waals surface area contributed by atoms with Crippen molar-refractivity contribution in [3.05, 3.63) is 89.7 Å². The van der Waals surface area contributed by atoms with E-state index in [1.54, 1.807) is 26.2 Å². The van der Waals surface area contributed by atoms with Gasteiger partial charge in [0.2, 0.25) is 0 Å². The van der Waals surface area contributed by atoms with Crippen LogP contribution in [0.4, 0.5) is 0 Å². The zero-order chi connectivity index (χ0) is 22.4. The Morgan fingerprint density at radius 1 is 1.00 bits per heavy atom. The van der Waals surface area contributed by atoms with E-state index in [0.717, 1.165) is 16.9 Å². The second kappa shape index (κ2) is 9.75. The standard InChI is InChI=1S/C24H26N2O4S/c1-17(2)31(28,29)23-12-8-21(9-13-23)24(27)26-18(3)20-6-10-22(11-7-20)30-16-19-5-4-14-25-15-19/h4-15,17-18H,16H2,1-3H3,(H,26,27). The summed E-state index contributed by atoms with van der Waals surface area (Å²) < 4.78 is 30.2. The molecule has 0 fully saturated rings. The molecule has 0 saturated heterocycles. The number of rotatable bonds is 8. The van der Waals surface area contributed by atoms with Crippen molar-refractivity contribution in [3.63, 3.8) is 0 Å². The van der Waals surface area contributed by atoms with Crippen molar-refractivity contribution >= 4 is 15.7 Å². The minimum atomic E-state index is -3.36.